The second-order valence-electron chi connectivity index (χ2n) is 3.75. The van der Waals surface area contributed by atoms with Gasteiger partial charge in [-0.25, -0.2) is 9.97 Å². The number of nitrogens with zero attached hydrogens (tertiary/aromatic N) is 2. The van der Waals surface area contributed by atoms with Gasteiger partial charge in [0.25, 0.3) is 0 Å². The molecule has 0 bridgehead atoms. The molecule has 1 heterocycles. The second-order valence-corrected chi connectivity index (χ2v) is 3.75. The lowest BCUT2D eigenvalue weighted by Gasteiger charge is -2.04. The van der Waals surface area contributed by atoms with Crippen molar-refractivity contribution in [2.75, 3.05) is 0 Å². The fourth-order valence-corrected chi connectivity index (χ4v) is 1.60. The molecule has 1 aromatic heterocycles. The van der Waals surface area contributed by atoms with Crippen molar-refractivity contribution in [2.45, 2.75) is 13.3 Å². The van der Waals surface area contributed by atoms with Crippen LogP contribution in [0.1, 0.15) is 11.5 Å². The molecule has 0 fully saturated rings. The molecule has 0 unspecified atom stereocenters. The van der Waals surface area contributed by atoms with Gasteiger partial charge in [0, 0.05) is 11.3 Å². The molecule has 86 valence electrons. The number of aliphatic carboxylic acids is 1. The first-order valence-corrected chi connectivity index (χ1v) is 5.27. The normalized spacial score (nSPS) is 10.2. The smallest absolute Gasteiger partial charge is 0.311 e. The van der Waals surface area contributed by atoms with E-state index < -0.39 is 5.97 Å². The number of hydrogen-bond acceptors (Lipinski definition) is 3. The largest absolute Gasteiger partial charge is 0.481 e. The summed E-state index contributed by atoms with van der Waals surface area (Å²) in [6.07, 6.45) is -0.151. The summed E-state index contributed by atoms with van der Waals surface area (Å²) in [4.78, 5) is 19.0. The molecule has 0 aliphatic carbocycles. The lowest BCUT2D eigenvalue weighted by atomic mass is 10.1. The van der Waals surface area contributed by atoms with Crippen LogP contribution in [0, 0.1) is 6.92 Å². The Kier molecular flexibility index (Phi) is 3.14. The lowest BCUT2D eigenvalue weighted by molar-refractivity contribution is -0.136. The summed E-state index contributed by atoms with van der Waals surface area (Å²) in [6.45, 7) is 1.83. The van der Waals surface area contributed by atoms with Crippen LogP contribution in [0.15, 0.2) is 36.4 Å². The third-order valence-corrected chi connectivity index (χ3v) is 2.28. The van der Waals surface area contributed by atoms with Crippen molar-refractivity contribution in [1.82, 2.24) is 9.97 Å². The number of aromatic nitrogens is 2. The molecule has 17 heavy (non-hydrogen) atoms. The predicted molar refractivity (Wildman–Crippen MR) is 63.5 cm³/mol. The summed E-state index contributed by atoms with van der Waals surface area (Å²) >= 11 is 0. The molecule has 0 aliphatic heterocycles. The molecule has 1 N–H and O–H groups in total. The minimum absolute atomic E-state index is 0.151. The highest BCUT2D eigenvalue weighted by Crippen LogP contribution is 2.17. The molecule has 0 saturated carbocycles. The number of aryl methyl sites for hydroxylation is 1. The van der Waals surface area contributed by atoms with Crippen LogP contribution in [0.5, 0.6) is 0 Å². The van der Waals surface area contributed by atoms with Crippen molar-refractivity contribution < 1.29 is 9.90 Å². The number of carbonyl (C=O) groups is 1. The second kappa shape index (κ2) is 4.74. The van der Waals surface area contributed by atoms with Gasteiger partial charge in [0.2, 0.25) is 0 Å². The summed E-state index contributed by atoms with van der Waals surface area (Å²) in [5, 5.41) is 8.74. The van der Waals surface area contributed by atoms with Crippen LogP contribution in [-0.4, -0.2) is 21.0 Å². The van der Waals surface area contributed by atoms with Crippen LogP contribution >= 0.6 is 0 Å². The molecule has 4 heteroatoms. The van der Waals surface area contributed by atoms with Gasteiger partial charge in [0.05, 0.1) is 5.69 Å². The molecule has 2 aromatic rings. The van der Waals surface area contributed by atoms with Gasteiger partial charge in [-0.05, 0) is 13.0 Å². The SMILES string of the molecule is Cc1cc(-c2ccccc2)nc(CC(=O)O)n1. The highest BCUT2D eigenvalue weighted by Gasteiger charge is 2.07. The zero-order valence-electron chi connectivity index (χ0n) is 9.42. The maximum atomic E-state index is 10.6. The molecular formula is C13H12N2O2. The van der Waals surface area contributed by atoms with Crippen molar-refractivity contribution in [3.63, 3.8) is 0 Å². The summed E-state index contributed by atoms with van der Waals surface area (Å²) < 4.78 is 0. The Morgan fingerprint density at radius 1 is 1.24 bits per heavy atom. The molecule has 0 atom stereocenters. The van der Waals surface area contributed by atoms with Gasteiger partial charge in [0.15, 0.2) is 0 Å². The Labute approximate surface area is 99.0 Å². The topological polar surface area (TPSA) is 63.1 Å². The average Bonchev–Trinajstić information content (AvgIpc) is 2.28. The Hall–Kier alpha value is -2.23. The van der Waals surface area contributed by atoms with E-state index in [0.29, 0.717) is 5.82 Å². The highest BCUT2D eigenvalue weighted by molar-refractivity contribution is 5.69. The summed E-state index contributed by atoms with van der Waals surface area (Å²) in [5.74, 6) is -0.578. The van der Waals surface area contributed by atoms with Gasteiger partial charge in [0.1, 0.15) is 12.2 Å². The van der Waals surface area contributed by atoms with E-state index in [1.54, 1.807) is 0 Å². The van der Waals surface area contributed by atoms with Gasteiger partial charge < -0.3 is 5.11 Å². The molecule has 0 spiro atoms. The molecule has 0 saturated heterocycles. The van der Waals surface area contributed by atoms with Gasteiger partial charge in [-0.2, -0.15) is 0 Å². The van der Waals surface area contributed by atoms with E-state index in [4.69, 9.17) is 5.11 Å². The lowest BCUT2D eigenvalue weighted by Crippen LogP contribution is -2.06. The summed E-state index contributed by atoms with van der Waals surface area (Å²) in [6, 6.07) is 11.5. The van der Waals surface area contributed by atoms with Crippen molar-refractivity contribution >= 4 is 5.97 Å². The molecule has 2 rings (SSSR count). The first-order valence-electron chi connectivity index (χ1n) is 5.27. The zero-order chi connectivity index (χ0) is 12.3. The molecule has 0 radical (unpaired) electrons. The van der Waals surface area contributed by atoms with Gasteiger partial charge in [-0.15, -0.1) is 0 Å². The van der Waals surface area contributed by atoms with Crippen molar-refractivity contribution in [1.29, 1.82) is 0 Å². The minimum Gasteiger partial charge on any atom is -0.481 e. The fourth-order valence-electron chi connectivity index (χ4n) is 1.60. The highest BCUT2D eigenvalue weighted by atomic mass is 16.4. The molecule has 0 aliphatic rings. The van der Waals surface area contributed by atoms with E-state index in [1.165, 1.54) is 0 Å². The van der Waals surface area contributed by atoms with Gasteiger partial charge in [-0.3, -0.25) is 4.79 Å². The van der Waals surface area contributed by atoms with E-state index >= 15 is 0 Å². The Balaban J connectivity index is 2.42. The summed E-state index contributed by atoms with van der Waals surface area (Å²) in [5.41, 5.74) is 2.49. The van der Waals surface area contributed by atoms with Gasteiger partial charge in [-0.1, -0.05) is 30.3 Å². The Bertz CT molecular complexity index is 538. The Morgan fingerprint density at radius 2 is 1.94 bits per heavy atom. The maximum absolute atomic E-state index is 10.6. The van der Waals surface area contributed by atoms with Gasteiger partial charge >= 0.3 is 5.97 Å². The fraction of sp³-hybridized carbons (Fsp3) is 0.154. The standard InChI is InChI=1S/C13H12N2O2/c1-9-7-11(10-5-3-2-4-6-10)15-12(14-9)8-13(16)17/h2-7H,8H2,1H3,(H,16,17). The average molecular weight is 228 g/mol. The first kappa shape index (κ1) is 11.3. The zero-order valence-corrected chi connectivity index (χ0v) is 9.42. The van der Waals surface area contributed by atoms with Crippen molar-refractivity contribution in [3.05, 3.63) is 47.9 Å². The summed E-state index contributed by atoms with van der Waals surface area (Å²) in [7, 11) is 0. The van der Waals surface area contributed by atoms with E-state index in [1.807, 2.05) is 43.3 Å². The maximum Gasteiger partial charge on any atom is 0.311 e. The predicted octanol–water partition coefficient (Wildman–Crippen LogP) is 2.08. The number of benzene rings is 1. The van der Waals surface area contributed by atoms with Crippen molar-refractivity contribution in [3.8, 4) is 11.3 Å². The van der Waals surface area contributed by atoms with Crippen LogP contribution in [0.4, 0.5) is 0 Å². The first-order chi connectivity index (χ1) is 8.15. The van der Waals surface area contributed by atoms with E-state index in [0.717, 1.165) is 17.0 Å². The molecule has 4 nitrogen and oxygen atoms in total. The van der Waals surface area contributed by atoms with Crippen LogP contribution in [0.25, 0.3) is 11.3 Å². The quantitative estimate of drug-likeness (QED) is 0.873. The monoisotopic (exact) mass is 228 g/mol. The third kappa shape index (κ3) is 2.87. The van der Waals surface area contributed by atoms with Crippen LogP contribution in [0.3, 0.4) is 0 Å². The minimum atomic E-state index is -0.922. The molecule has 0 amide bonds. The Morgan fingerprint density at radius 3 is 2.59 bits per heavy atom. The number of carboxylic acids is 1. The van der Waals surface area contributed by atoms with E-state index in [-0.39, 0.29) is 6.42 Å². The van der Waals surface area contributed by atoms with Crippen LogP contribution in [0.2, 0.25) is 0 Å². The molecule has 1 aromatic carbocycles. The van der Waals surface area contributed by atoms with Crippen molar-refractivity contribution in [2.24, 2.45) is 0 Å². The van der Waals surface area contributed by atoms with E-state index in [9.17, 15) is 4.79 Å². The van der Waals surface area contributed by atoms with Crippen LogP contribution in [-0.2, 0) is 11.2 Å². The van der Waals surface area contributed by atoms with Crippen LogP contribution < -0.4 is 0 Å². The molecular weight excluding hydrogens is 216 g/mol. The number of hydrogen-bond donors (Lipinski definition) is 1. The number of rotatable bonds is 3. The third-order valence-electron chi connectivity index (χ3n) is 2.28. The van der Waals surface area contributed by atoms with E-state index in [2.05, 4.69) is 9.97 Å². The number of carboxylic acid groups (broad SMARTS) is 1.